The highest BCUT2D eigenvalue weighted by Gasteiger charge is 2.30. The molecule has 0 saturated heterocycles. The van der Waals surface area contributed by atoms with Crippen molar-refractivity contribution in [1.29, 1.82) is 0 Å². The van der Waals surface area contributed by atoms with Gasteiger partial charge in [0.15, 0.2) is 0 Å². The summed E-state index contributed by atoms with van der Waals surface area (Å²) >= 11 is 0. The predicted octanol–water partition coefficient (Wildman–Crippen LogP) is 1.47. The van der Waals surface area contributed by atoms with Crippen LogP contribution >= 0.6 is 0 Å². The summed E-state index contributed by atoms with van der Waals surface area (Å²) in [5, 5.41) is 0. The van der Waals surface area contributed by atoms with Crippen LogP contribution in [0.1, 0.15) is 11.1 Å². The second kappa shape index (κ2) is 6.21. The van der Waals surface area contributed by atoms with Gasteiger partial charge in [-0.2, -0.15) is 0 Å². The number of benzene rings is 2. The summed E-state index contributed by atoms with van der Waals surface area (Å²) < 4.78 is 31.3. The number of carbonyl (C=O) groups is 1. The maximum atomic E-state index is 11.9. The molecular formula is C16H14N2O4S. The molecule has 6 nitrogen and oxygen atoms in total. The van der Waals surface area contributed by atoms with Gasteiger partial charge < -0.3 is 4.74 Å². The zero-order valence-corrected chi connectivity index (χ0v) is 12.9. The summed E-state index contributed by atoms with van der Waals surface area (Å²) in [7, 11) is -3.59. The van der Waals surface area contributed by atoms with Crippen LogP contribution in [-0.4, -0.2) is 26.8 Å². The van der Waals surface area contributed by atoms with Gasteiger partial charge in [0.1, 0.15) is 19.0 Å². The van der Waals surface area contributed by atoms with E-state index in [2.05, 4.69) is 9.71 Å². The van der Waals surface area contributed by atoms with Crippen molar-refractivity contribution in [3.63, 3.8) is 0 Å². The largest absolute Gasteiger partial charge is 0.459 e. The topological polar surface area (TPSA) is 84.8 Å². The molecule has 1 N–H and O–H groups in total. The molecule has 2 aromatic rings. The normalized spacial score (nSPS) is 16.6. The van der Waals surface area contributed by atoms with Crippen LogP contribution in [0.3, 0.4) is 0 Å². The SMILES string of the molecule is O=C(CN=C1NS(=O)(=O)c2ccccc21)OCc1ccccc1. The molecule has 0 fully saturated rings. The molecule has 1 aliphatic rings. The second-order valence-corrected chi connectivity index (χ2v) is 6.56. The molecule has 0 aliphatic carbocycles. The molecule has 7 heteroatoms. The maximum Gasteiger partial charge on any atom is 0.328 e. The molecule has 23 heavy (non-hydrogen) atoms. The van der Waals surface area contributed by atoms with Crippen molar-refractivity contribution in [3.05, 3.63) is 65.7 Å². The highest BCUT2D eigenvalue weighted by molar-refractivity contribution is 7.90. The molecule has 0 atom stereocenters. The van der Waals surface area contributed by atoms with E-state index < -0.39 is 16.0 Å². The molecule has 3 rings (SSSR count). The maximum absolute atomic E-state index is 11.9. The summed E-state index contributed by atoms with van der Waals surface area (Å²) in [5.74, 6) is -0.359. The molecule has 0 radical (unpaired) electrons. The van der Waals surface area contributed by atoms with Gasteiger partial charge in [-0.3, -0.25) is 14.5 Å². The van der Waals surface area contributed by atoms with Crippen LogP contribution in [0, 0.1) is 0 Å². The van der Waals surface area contributed by atoms with E-state index in [9.17, 15) is 13.2 Å². The number of nitrogens with one attached hydrogen (secondary N) is 1. The number of nitrogens with zero attached hydrogens (tertiary/aromatic N) is 1. The average molecular weight is 330 g/mol. The molecule has 1 aliphatic heterocycles. The minimum atomic E-state index is -3.59. The van der Waals surface area contributed by atoms with E-state index in [-0.39, 0.29) is 23.9 Å². The number of ether oxygens (including phenoxy) is 1. The molecule has 0 unspecified atom stereocenters. The third-order valence-electron chi connectivity index (χ3n) is 3.27. The molecule has 0 saturated carbocycles. The number of amidine groups is 1. The third-order valence-corrected chi connectivity index (χ3v) is 4.67. The van der Waals surface area contributed by atoms with Crippen molar-refractivity contribution in [2.75, 3.05) is 6.54 Å². The Balaban J connectivity index is 1.66. The molecule has 118 valence electrons. The predicted molar refractivity (Wildman–Crippen MR) is 84.4 cm³/mol. The molecule has 2 aromatic carbocycles. The van der Waals surface area contributed by atoms with E-state index >= 15 is 0 Å². The van der Waals surface area contributed by atoms with Crippen molar-refractivity contribution in [2.24, 2.45) is 4.99 Å². The highest BCUT2D eigenvalue weighted by atomic mass is 32.2. The Hall–Kier alpha value is -2.67. The van der Waals surface area contributed by atoms with Gasteiger partial charge in [0.2, 0.25) is 0 Å². The molecule has 0 aromatic heterocycles. The van der Waals surface area contributed by atoms with Crippen LogP contribution in [0.4, 0.5) is 0 Å². The Kier molecular flexibility index (Phi) is 4.12. The lowest BCUT2D eigenvalue weighted by atomic mass is 10.2. The number of sulfonamides is 1. The zero-order valence-electron chi connectivity index (χ0n) is 12.1. The quantitative estimate of drug-likeness (QED) is 0.860. The fraction of sp³-hybridized carbons (Fsp3) is 0.125. The number of fused-ring (bicyclic) bond motifs is 1. The van der Waals surface area contributed by atoms with Crippen molar-refractivity contribution in [2.45, 2.75) is 11.5 Å². The van der Waals surface area contributed by atoms with Crippen molar-refractivity contribution < 1.29 is 17.9 Å². The summed E-state index contributed by atoms with van der Waals surface area (Å²) in [6.07, 6.45) is 0. The van der Waals surface area contributed by atoms with Crippen molar-refractivity contribution in [1.82, 2.24) is 4.72 Å². The summed E-state index contributed by atoms with van der Waals surface area (Å²) in [6.45, 7) is -0.0914. The number of hydrogen-bond acceptors (Lipinski definition) is 5. The van der Waals surface area contributed by atoms with Gasteiger partial charge in [0.05, 0.1) is 4.90 Å². The third kappa shape index (κ3) is 3.40. The van der Waals surface area contributed by atoms with Gasteiger partial charge in [-0.1, -0.05) is 42.5 Å². The first-order valence-corrected chi connectivity index (χ1v) is 8.41. The molecule has 0 spiro atoms. The van der Waals surface area contributed by atoms with Gasteiger partial charge in [-0.15, -0.1) is 0 Å². The molecule has 0 amide bonds. The zero-order chi connectivity index (χ0) is 16.3. The Labute approximate surface area is 133 Å². The number of carbonyl (C=O) groups excluding carboxylic acids is 1. The van der Waals surface area contributed by atoms with Crippen LogP contribution in [0.2, 0.25) is 0 Å². The number of aliphatic imine (C=N–C) groups is 1. The average Bonchev–Trinajstić information content (AvgIpc) is 2.83. The van der Waals surface area contributed by atoms with Gasteiger partial charge >= 0.3 is 5.97 Å². The van der Waals surface area contributed by atoms with E-state index in [0.717, 1.165) is 5.56 Å². The monoisotopic (exact) mass is 330 g/mol. The lowest BCUT2D eigenvalue weighted by Gasteiger charge is -2.03. The van der Waals surface area contributed by atoms with Gasteiger partial charge in [-0.25, -0.2) is 8.42 Å². The standard InChI is InChI=1S/C16H14N2O4S/c19-15(22-11-12-6-2-1-3-7-12)10-17-16-13-8-4-5-9-14(13)23(20,21)18-16/h1-9H,10-11H2,(H,17,18). The van der Waals surface area contributed by atoms with E-state index in [1.54, 1.807) is 18.2 Å². The van der Waals surface area contributed by atoms with Gasteiger partial charge in [-0.05, 0) is 17.7 Å². The van der Waals surface area contributed by atoms with Gasteiger partial charge in [0, 0.05) is 5.56 Å². The number of esters is 1. The van der Waals surface area contributed by atoms with Gasteiger partial charge in [0.25, 0.3) is 10.0 Å². The Morgan fingerprint density at radius 3 is 2.52 bits per heavy atom. The van der Waals surface area contributed by atoms with E-state index in [0.29, 0.717) is 5.56 Å². The van der Waals surface area contributed by atoms with E-state index in [1.165, 1.54) is 6.07 Å². The van der Waals surface area contributed by atoms with E-state index in [4.69, 9.17) is 4.74 Å². The lowest BCUT2D eigenvalue weighted by molar-refractivity contribution is -0.143. The summed E-state index contributed by atoms with van der Waals surface area (Å²) in [4.78, 5) is 15.9. The van der Waals surface area contributed by atoms with Crippen LogP contribution in [-0.2, 0) is 26.2 Å². The minimum absolute atomic E-state index is 0.160. The molecule has 0 bridgehead atoms. The Morgan fingerprint density at radius 1 is 1.04 bits per heavy atom. The Bertz CT molecular complexity index is 861. The first-order valence-electron chi connectivity index (χ1n) is 6.92. The summed E-state index contributed by atoms with van der Waals surface area (Å²) in [5.41, 5.74) is 1.34. The first kappa shape index (κ1) is 15.2. The first-order chi connectivity index (χ1) is 11.1. The van der Waals surface area contributed by atoms with E-state index in [1.807, 2.05) is 30.3 Å². The minimum Gasteiger partial charge on any atom is -0.459 e. The van der Waals surface area contributed by atoms with Crippen molar-refractivity contribution >= 4 is 21.8 Å². The fourth-order valence-electron chi connectivity index (χ4n) is 2.18. The van der Waals surface area contributed by atoms with Crippen LogP contribution in [0.15, 0.2) is 64.5 Å². The second-order valence-electron chi connectivity index (χ2n) is 4.91. The number of rotatable bonds is 4. The molecule has 1 heterocycles. The van der Waals surface area contributed by atoms with Crippen molar-refractivity contribution in [3.8, 4) is 0 Å². The highest BCUT2D eigenvalue weighted by Crippen LogP contribution is 2.22. The van der Waals surface area contributed by atoms with Crippen LogP contribution < -0.4 is 4.72 Å². The molecular weight excluding hydrogens is 316 g/mol. The number of hydrogen-bond donors (Lipinski definition) is 1. The van der Waals surface area contributed by atoms with Crippen LogP contribution in [0.5, 0.6) is 0 Å². The lowest BCUT2D eigenvalue weighted by Crippen LogP contribution is -2.23. The Morgan fingerprint density at radius 2 is 1.74 bits per heavy atom. The van der Waals surface area contributed by atoms with Crippen LogP contribution in [0.25, 0.3) is 0 Å². The summed E-state index contributed by atoms with van der Waals surface area (Å²) in [6, 6.07) is 15.8. The smallest absolute Gasteiger partial charge is 0.328 e. The fourth-order valence-corrected chi connectivity index (χ4v) is 3.43.